The number of nitrogen functional groups attached to an aromatic ring is 1. The maximum atomic E-state index is 5.94. The van der Waals surface area contributed by atoms with E-state index in [1.807, 2.05) is 24.3 Å². The number of thiophene rings is 1. The van der Waals surface area contributed by atoms with Crippen molar-refractivity contribution in [1.82, 2.24) is 5.16 Å². The van der Waals surface area contributed by atoms with Crippen LogP contribution in [0.25, 0.3) is 22.4 Å². The summed E-state index contributed by atoms with van der Waals surface area (Å²) < 4.78 is 10.4. The molecule has 0 aliphatic carbocycles. The minimum Gasteiger partial charge on any atom is -0.497 e. The zero-order valence-corrected chi connectivity index (χ0v) is 12.0. The molecule has 2 N–H and O–H groups in total. The Morgan fingerprint density at radius 3 is 2.55 bits per heavy atom. The minimum atomic E-state index is 0.329. The highest BCUT2D eigenvalue weighted by Gasteiger charge is 2.19. The lowest BCUT2D eigenvalue weighted by molar-refractivity contribution is 0.415. The topological polar surface area (TPSA) is 61.3 Å². The number of ether oxygens (including phenoxy) is 1. The lowest BCUT2D eigenvalue weighted by Crippen LogP contribution is -1.88. The molecule has 0 spiro atoms. The minimum absolute atomic E-state index is 0.329. The number of hydrogen-bond acceptors (Lipinski definition) is 5. The van der Waals surface area contributed by atoms with E-state index in [1.54, 1.807) is 18.4 Å². The molecule has 0 unspecified atom stereocenters. The van der Waals surface area contributed by atoms with Crippen molar-refractivity contribution in [3.63, 3.8) is 0 Å². The molecule has 0 saturated carbocycles. The van der Waals surface area contributed by atoms with Gasteiger partial charge in [-0.3, -0.25) is 0 Å². The first-order valence-electron chi connectivity index (χ1n) is 6.13. The summed E-state index contributed by atoms with van der Waals surface area (Å²) >= 11 is 1.64. The fourth-order valence-electron chi connectivity index (χ4n) is 2.13. The van der Waals surface area contributed by atoms with E-state index < -0.39 is 0 Å². The Morgan fingerprint density at radius 2 is 1.95 bits per heavy atom. The predicted octanol–water partition coefficient (Wildman–Crippen LogP) is 3.97. The number of hydrogen-bond donors (Lipinski definition) is 1. The van der Waals surface area contributed by atoms with Gasteiger partial charge >= 0.3 is 0 Å². The second kappa shape index (κ2) is 5.02. The number of aromatic nitrogens is 1. The van der Waals surface area contributed by atoms with E-state index in [9.17, 15) is 0 Å². The molecular weight excluding hydrogens is 272 g/mol. The Labute approximate surface area is 120 Å². The van der Waals surface area contributed by atoms with Crippen LogP contribution in [0.3, 0.4) is 0 Å². The number of rotatable bonds is 3. The molecule has 0 saturated heterocycles. The molecule has 2 heterocycles. The molecule has 0 aliphatic heterocycles. The Kier molecular flexibility index (Phi) is 3.20. The third kappa shape index (κ3) is 2.06. The van der Waals surface area contributed by atoms with E-state index in [2.05, 4.69) is 22.8 Å². The summed E-state index contributed by atoms with van der Waals surface area (Å²) in [4.78, 5) is 0. The van der Waals surface area contributed by atoms with Crippen LogP contribution >= 0.6 is 11.3 Å². The van der Waals surface area contributed by atoms with E-state index in [0.717, 1.165) is 33.7 Å². The van der Waals surface area contributed by atoms with Gasteiger partial charge in [-0.15, -0.1) is 0 Å². The standard InChI is InChI=1S/C15H14N2O2S/c1-9-7-20-8-12(9)14-13(15(16)19-17-14)10-3-5-11(18-2)6-4-10/h3-8H,16H2,1-2H3. The van der Waals surface area contributed by atoms with E-state index in [-0.39, 0.29) is 0 Å². The van der Waals surface area contributed by atoms with Gasteiger partial charge in [0.25, 0.3) is 0 Å². The first-order valence-corrected chi connectivity index (χ1v) is 7.07. The van der Waals surface area contributed by atoms with Crippen LogP contribution in [-0.4, -0.2) is 12.3 Å². The summed E-state index contributed by atoms with van der Waals surface area (Å²) in [5, 5.41) is 8.25. The second-order valence-electron chi connectivity index (χ2n) is 4.47. The summed E-state index contributed by atoms with van der Waals surface area (Å²) in [7, 11) is 1.64. The van der Waals surface area contributed by atoms with Gasteiger partial charge in [-0.1, -0.05) is 17.3 Å². The first kappa shape index (κ1) is 12.7. The highest BCUT2D eigenvalue weighted by molar-refractivity contribution is 7.08. The SMILES string of the molecule is COc1ccc(-c2c(-c3cscc3C)noc2N)cc1. The van der Waals surface area contributed by atoms with Crippen molar-refractivity contribution in [2.75, 3.05) is 12.8 Å². The normalized spacial score (nSPS) is 10.7. The first-order chi connectivity index (χ1) is 9.70. The van der Waals surface area contributed by atoms with Crippen LogP contribution in [0, 0.1) is 6.92 Å². The molecule has 102 valence electrons. The summed E-state index contributed by atoms with van der Waals surface area (Å²) in [5.74, 6) is 1.13. The van der Waals surface area contributed by atoms with Gasteiger partial charge in [0.05, 0.1) is 12.7 Å². The summed E-state index contributed by atoms with van der Waals surface area (Å²) in [6, 6.07) is 7.69. The molecule has 2 aromatic heterocycles. The van der Waals surface area contributed by atoms with Crippen LogP contribution in [0.2, 0.25) is 0 Å². The average molecular weight is 286 g/mol. The molecule has 1 aromatic carbocycles. The average Bonchev–Trinajstić information content (AvgIpc) is 3.05. The predicted molar refractivity (Wildman–Crippen MR) is 81.0 cm³/mol. The third-order valence-corrected chi connectivity index (χ3v) is 4.07. The third-order valence-electron chi connectivity index (χ3n) is 3.21. The molecule has 0 aliphatic rings. The van der Waals surface area contributed by atoms with Crippen LogP contribution < -0.4 is 10.5 Å². The van der Waals surface area contributed by atoms with Gasteiger partial charge in [-0.2, -0.15) is 11.3 Å². The van der Waals surface area contributed by atoms with Crippen molar-refractivity contribution >= 4 is 17.2 Å². The lowest BCUT2D eigenvalue weighted by Gasteiger charge is -2.04. The van der Waals surface area contributed by atoms with Gasteiger partial charge in [0.1, 0.15) is 11.4 Å². The number of benzene rings is 1. The molecule has 3 rings (SSSR count). The van der Waals surface area contributed by atoms with Gasteiger partial charge in [0, 0.05) is 10.9 Å². The Bertz CT molecular complexity index is 729. The van der Waals surface area contributed by atoms with Crippen LogP contribution in [0.1, 0.15) is 5.56 Å². The van der Waals surface area contributed by atoms with E-state index in [1.165, 1.54) is 0 Å². The maximum Gasteiger partial charge on any atom is 0.230 e. The van der Waals surface area contributed by atoms with Gasteiger partial charge in [-0.05, 0) is 35.6 Å². The maximum absolute atomic E-state index is 5.94. The summed E-state index contributed by atoms with van der Waals surface area (Å²) in [6.07, 6.45) is 0. The summed E-state index contributed by atoms with van der Waals surface area (Å²) in [5.41, 5.74) is 10.7. The number of nitrogens with two attached hydrogens (primary N) is 1. The van der Waals surface area contributed by atoms with Crippen LogP contribution in [0.4, 0.5) is 5.88 Å². The number of anilines is 1. The molecular formula is C15H14N2O2S. The Balaban J connectivity index is 2.13. The smallest absolute Gasteiger partial charge is 0.230 e. The second-order valence-corrected chi connectivity index (χ2v) is 5.21. The number of aryl methyl sites for hydroxylation is 1. The number of methoxy groups -OCH3 is 1. The van der Waals surface area contributed by atoms with Crippen LogP contribution in [0.5, 0.6) is 5.75 Å². The summed E-state index contributed by atoms with van der Waals surface area (Å²) in [6.45, 7) is 2.05. The monoisotopic (exact) mass is 286 g/mol. The highest BCUT2D eigenvalue weighted by Crippen LogP contribution is 2.38. The zero-order chi connectivity index (χ0) is 14.1. The van der Waals surface area contributed by atoms with E-state index >= 15 is 0 Å². The molecule has 20 heavy (non-hydrogen) atoms. The van der Waals surface area contributed by atoms with Crippen LogP contribution in [-0.2, 0) is 0 Å². The van der Waals surface area contributed by atoms with Gasteiger partial charge in [0.2, 0.25) is 5.88 Å². The highest BCUT2D eigenvalue weighted by atomic mass is 32.1. The van der Waals surface area contributed by atoms with Gasteiger partial charge in [-0.25, -0.2) is 0 Å². The van der Waals surface area contributed by atoms with E-state index in [4.69, 9.17) is 15.0 Å². The largest absolute Gasteiger partial charge is 0.497 e. The van der Waals surface area contributed by atoms with Gasteiger partial charge in [0.15, 0.2) is 0 Å². The molecule has 0 bridgehead atoms. The molecule has 5 heteroatoms. The quantitative estimate of drug-likeness (QED) is 0.791. The molecule has 0 fully saturated rings. The number of nitrogens with zero attached hydrogens (tertiary/aromatic N) is 1. The van der Waals surface area contributed by atoms with Crippen LogP contribution in [0.15, 0.2) is 39.5 Å². The van der Waals surface area contributed by atoms with Crippen molar-refractivity contribution in [2.45, 2.75) is 6.92 Å². The van der Waals surface area contributed by atoms with Crippen molar-refractivity contribution in [3.05, 3.63) is 40.6 Å². The fourth-order valence-corrected chi connectivity index (χ4v) is 2.96. The van der Waals surface area contributed by atoms with E-state index in [0.29, 0.717) is 5.88 Å². The molecule has 3 aromatic rings. The van der Waals surface area contributed by atoms with Crippen molar-refractivity contribution in [2.24, 2.45) is 0 Å². The lowest BCUT2D eigenvalue weighted by atomic mass is 10.0. The van der Waals surface area contributed by atoms with Crippen molar-refractivity contribution in [3.8, 4) is 28.1 Å². The fraction of sp³-hybridized carbons (Fsp3) is 0.133. The van der Waals surface area contributed by atoms with Crippen molar-refractivity contribution in [1.29, 1.82) is 0 Å². The Morgan fingerprint density at radius 1 is 1.20 bits per heavy atom. The van der Waals surface area contributed by atoms with Gasteiger partial charge < -0.3 is 15.0 Å². The Hall–Kier alpha value is -2.27. The van der Waals surface area contributed by atoms with Crippen molar-refractivity contribution < 1.29 is 9.26 Å². The molecule has 0 atom stereocenters. The zero-order valence-electron chi connectivity index (χ0n) is 11.2. The molecule has 4 nitrogen and oxygen atoms in total. The molecule has 0 amide bonds. The molecule has 0 radical (unpaired) electrons.